The molecule has 0 radical (unpaired) electrons. The van der Waals surface area contributed by atoms with Crippen molar-refractivity contribution in [2.45, 2.75) is 44.8 Å². The molecular weight excluding hydrogens is 452 g/mol. The number of carbonyl (C=O) groups excluding carboxylic acids is 2. The number of ether oxygens (including phenoxy) is 2. The molecule has 1 saturated carbocycles. The summed E-state index contributed by atoms with van der Waals surface area (Å²) in [4.78, 5) is 51.7. The number of nitrogens with zero attached hydrogens (tertiary/aromatic N) is 2. The van der Waals surface area contributed by atoms with E-state index in [1.54, 1.807) is 42.5 Å². The second kappa shape index (κ2) is 10.5. The third-order valence-electron chi connectivity index (χ3n) is 6.12. The van der Waals surface area contributed by atoms with Crippen LogP contribution >= 0.6 is 0 Å². The lowest BCUT2D eigenvalue weighted by molar-refractivity contribution is -0.122. The fraction of sp³-hybridized carbons (Fsp3) is 0.360. The highest BCUT2D eigenvalue weighted by Crippen LogP contribution is 2.29. The van der Waals surface area contributed by atoms with Gasteiger partial charge in [0.1, 0.15) is 13.1 Å². The van der Waals surface area contributed by atoms with Crippen molar-refractivity contribution in [3.05, 3.63) is 63.3 Å². The van der Waals surface area contributed by atoms with Crippen LogP contribution in [0.5, 0.6) is 11.5 Å². The number of para-hydroxylation sites is 1. The molecule has 1 fully saturated rings. The number of rotatable bonds is 8. The standard InChI is InChI=1S/C25H28N4O6/c1-34-20-12-11-17(13-21(20)35-2)27-22(30)14-28-19-10-6-5-9-18(19)24(32)29(25(28)33)15-23(31)26-16-7-3-4-8-16/h5-6,9-13,16H,3-4,7-8,14-15H2,1-2H3,(H,26,31)(H,27,30). The molecule has 1 aromatic heterocycles. The molecule has 2 amide bonds. The minimum absolute atomic E-state index is 0.0631. The predicted molar refractivity (Wildman–Crippen MR) is 131 cm³/mol. The number of hydrogen-bond donors (Lipinski definition) is 2. The van der Waals surface area contributed by atoms with Crippen molar-refractivity contribution in [2.24, 2.45) is 0 Å². The number of benzene rings is 2. The van der Waals surface area contributed by atoms with E-state index in [1.165, 1.54) is 18.8 Å². The van der Waals surface area contributed by atoms with E-state index in [0.29, 0.717) is 22.7 Å². The summed E-state index contributed by atoms with van der Waals surface area (Å²) in [5.74, 6) is 0.0724. The van der Waals surface area contributed by atoms with Crippen LogP contribution in [0, 0.1) is 0 Å². The summed E-state index contributed by atoms with van der Waals surface area (Å²) in [6.45, 7) is -0.755. The summed E-state index contributed by atoms with van der Waals surface area (Å²) in [6.07, 6.45) is 3.86. The maximum absolute atomic E-state index is 13.3. The van der Waals surface area contributed by atoms with Crippen LogP contribution in [-0.2, 0) is 22.7 Å². The van der Waals surface area contributed by atoms with Crippen LogP contribution in [0.15, 0.2) is 52.1 Å². The summed E-state index contributed by atoms with van der Waals surface area (Å²) in [5, 5.41) is 5.88. The minimum Gasteiger partial charge on any atom is -0.493 e. The highest BCUT2D eigenvalue weighted by Gasteiger charge is 2.20. The van der Waals surface area contributed by atoms with Crippen LogP contribution in [0.1, 0.15) is 25.7 Å². The predicted octanol–water partition coefficient (Wildman–Crippen LogP) is 1.88. The highest BCUT2D eigenvalue weighted by molar-refractivity contribution is 5.92. The van der Waals surface area contributed by atoms with E-state index >= 15 is 0 Å². The Balaban J connectivity index is 1.62. The summed E-state index contributed by atoms with van der Waals surface area (Å²) in [7, 11) is 3.00. The Morgan fingerprint density at radius 3 is 2.31 bits per heavy atom. The number of nitrogens with one attached hydrogen (secondary N) is 2. The van der Waals surface area contributed by atoms with Crippen LogP contribution in [0.25, 0.3) is 10.9 Å². The lowest BCUT2D eigenvalue weighted by Crippen LogP contribution is -2.46. The van der Waals surface area contributed by atoms with E-state index in [0.717, 1.165) is 30.3 Å². The summed E-state index contributed by atoms with van der Waals surface area (Å²) in [6, 6.07) is 11.5. The number of hydrogen-bond acceptors (Lipinski definition) is 6. The van der Waals surface area contributed by atoms with Gasteiger partial charge in [-0.15, -0.1) is 0 Å². The van der Waals surface area contributed by atoms with Gasteiger partial charge in [0.25, 0.3) is 5.56 Å². The minimum atomic E-state index is -0.724. The van der Waals surface area contributed by atoms with Gasteiger partial charge >= 0.3 is 5.69 Å². The molecule has 4 rings (SSSR count). The van der Waals surface area contributed by atoms with E-state index < -0.39 is 29.6 Å². The Hall–Kier alpha value is -4.08. The molecule has 10 heteroatoms. The SMILES string of the molecule is COc1ccc(NC(=O)Cn2c(=O)n(CC(=O)NC3CCCC3)c(=O)c3ccccc32)cc1OC. The van der Waals surface area contributed by atoms with E-state index in [9.17, 15) is 19.2 Å². The zero-order valence-corrected chi connectivity index (χ0v) is 19.7. The zero-order valence-electron chi connectivity index (χ0n) is 19.7. The van der Waals surface area contributed by atoms with Gasteiger partial charge in [-0.2, -0.15) is 0 Å². The van der Waals surface area contributed by atoms with Crippen molar-refractivity contribution >= 4 is 28.4 Å². The molecule has 0 unspecified atom stereocenters. The Kier molecular flexibility index (Phi) is 7.19. The lowest BCUT2D eigenvalue weighted by atomic mass is 10.2. The molecule has 0 saturated heterocycles. The Labute approximate surface area is 201 Å². The van der Waals surface area contributed by atoms with E-state index in [1.807, 2.05) is 0 Å². The quantitative estimate of drug-likeness (QED) is 0.508. The van der Waals surface area contributed by atoms with Crippen LogP contribution < -0.4 is 31.4 Å². The first kappa shape index (κ1) is 24.1. The molecular formula is C25H28N4O6. The highest BCUT2D eigenvalue weighted by atomic mass is 16.5. The summed E-state index contributed by atoms with van der Waals surface area (Å²) >= 11 is 0. The molecule has 3 aromatic rings. The van der Waals surface area contributed by atoms with Gasteiger partial charge in [-0.3, -0.25) is 23.5 Å². The van der Waals surface area contributed by atoms with Gasteiger partial charge in [-0.1, -0.05) is 25.0 Å². The van der Waals surface area contributed by atoms with Crippen molar-refractivity contribution in [3.8, 4) is 11.5 Å². The monoisotopic (exact) mass is 480 g/mol. The molecule has 1 aliphatic rings. The molecule has 2 aromatic carbocycles. The topological polar surface area (TPSA) is 121 Å². The zero-order chi connectivity index (χ0) is 24.9. The molecule has 0 aliphatic heterocycles. The molecule has 35 heavy (non-hydrogen) atoms. The number of anilines is 1. The Bertz CT molecular complexity index is 1370. The maximum Gasteiger partial charge on any atom is 0.332 e. The van der Waals surface area contributed by atoms with Crippen LogP contribution in [-0.4, -0.2) is 41.2 Å². The number of fused-ring (bicyclic) bond motifs is 1. The third kappa shape index (κ3) is 5.21. The third-order valence-corrected chi connectivity index (χ3v) is 6.12. The average molecular weight is 481 g/mol. The van der Waals surface area contributed by atoms with Crippen molar-refractivity contribution in [1.29, 1.82) is 0 Å². The van der Waals surface area contributed by atoms with Crippen molar-refractivity contribution in [1.82, 2.24) is 14.5 Å². The maximum atomic E-state index is 13.3. The summed E-state index contributed by atoms with van der Waals surface area (Å²) in [5.41, 5.74) is -0.520. The van der Waals surface area contributed by atoms with E-state index in [-0.39, 0.29) is 18.0 Å². The van der Waals surface area contributed by atoms with Crippen LogP contribution in [0.4, 0.5) is 5.69 Å². The lowest BCUT2D eigenvalue weighted by Gasteiger charge is -2.16. The molecule has 0 spiro atoms. The number of methoxy groups -OCH3 is 2. The fourth-order valence-electron chi connectivity index (χ4n) is 4.41. The van der Waals surface area contributed by atoms with Gasteiger partial charge in [0.05, 0.1) is 25.1 Å². The number of carbonyl (C=O) groups is 2. The first-order chi connectivity index (χ1) is 16.9. The molecule has 0 atom stereocenters. The molecule has 1 aliphatic carbocycles. The van der Waals surface area contributed by atoms with Crippen molar-refractivity contribution in [2.75, 3.05) is 19.5 Å². The second-order valence-electron chi connectivity index (χ2n) is 8.44. The second-order valence-corrected chi connectivity index (χ2v) is 8.44. The molecule has 2 N–H and O–H groups in total. The first-order valence-electron chi connectivity index (χ1n) is 11.4. The first-order valence-corrected chi connectivity index (χ1v) is 11.4. The average Bonchev–Trinajstić information content (AvgIpc) is 3.37. The van der Waals surface area contributed by atoms with Gasteiger partial charge in [0.15, 0.2) is 11.5 Å². The Morgan fingerprint density at radius 1 is 0.914 bits per heavy atom. The normalized spacial score (nSPS) is 13.5. The van der Waals surface area contributed by atoms with Crippen molar-refractivity contribution in [3.63, 3.8) is 0 Å². The van der Waals surface area contributed by atoms with Gasteiger partial charge in [-0.05, 0) is 37.1 Å². The molecule has 10 nitrogen and oxygen atoms in total. The number of amides is 2. The Morgan fingerprint density at radius 2 is 1.60 bits per heavy atom. The summed E-state index contributed by atoms with van der Waals surface area (Å²) < 4.78 is 12.6. The molecule has 184 valence electrons. The van der Waals surface area contributed by atoms with Gasteiger partial charge in [0.2, 0.25) is 11.8 Å². The van der Waals surface area contributed by atoms with E-state index in [4.69, 9.17) is 9.47 Å². The van der Waals surface area contributed by atoms with E-state index in [2.05, 4.69) is 10.6 Å². The van der Waals surface area contributed by atoms with Gasteiger partial charge in [0, 0.05) is 17.8 Å². The van der Waals surface area contributed by atoms with Crippen LogP contribution in [0.3, 0.4) is 0 Å². The van der Waals surface area contributed by atoms with Gasteiger partial charge < -0.3 is 20.1 Å². The van der Waals surface area contributed by atoms with Crippen LogP contribution in [0.2, 0.25) is 0 Å². The largest absolute Gasteiger partial charge is 0.493 e. The fourth-order valence-corrected chi connectivity index (χ4v) is 4.41. The van der Waals surface area contributed by atoms with Gasteiger partial charge in [-0.25, -0.2) is 4.79 Å². The van der Waals surface area contributed by atoms with Crippen molar-refractivity contribution < 1.29 is 19.1 Å². The smallest absolute Gasteiger partial charge is 0.332 e. The molecule has 1 heterocycles. The number of aromatic nitrogens is 2. The molecule has 0 bridgehead atoms.